The monoisotopic (exact) mass is 379 g/mol. The van der Waals surface area contributed by atoms with Crippen LogP contribution in [0.5, 0.6) is 0 Å². The number of ether oxygens (including phenoxy) is 1. The van der Waals surface area contributed by atoms with Crippen LogP contribution >= 0.6 is 0 Å². The largest absolute Gasteiger partial charge is 0.465 e. The Hall–Kier alpha value is -3.74. The summed E-state index contributed by atoms with van der Waals surface area (Å²) in [4.78, 5) is 28.3. The number of carbonyl (C=O) groups is 2. The van der Waals surface area contributed by atoms with Crippen molar-refractivity contribution in [2.75, 3.05) is 12.4 Å². The molecule has 3 rings (SSSR count). The lowest BCUT2D eigenvalue weighted by Crippen LogP contribution is -2.24. The molecule has 0 fully saturated rings. The Morgan fingerprint density at radius 2 is 1.82 bits per heavy atom. The van der Waals surface area contributed by atoms with Crippen molar-refractivity contribution in [3.8, 4) is 0 Å². The molecule has 1 heterocycles. The average Bonchev–Trinajstić information content (AvgIpc) is 2.73. The van der Waals surface area contributed by atoms with Gasteiger partial charge in [-0.2, -0.15) is 0 Å². The van der Waals surface area contributed by atoms with E-state index in [-0.39, 0.29) is 18.1 Å². The number of pyridine rings is 1. The minimum absolute atomic E-state index is 0.0516. The number of methoxy groups -OCH3 is 1. The summed E-state index contributed by atoms with van der Waals surface area (Å²) >= 11 is 0. The van der Waals surface area contributed by atoms with Gasteiger partial charge in [-0.3, -0.25) is 9.78 Å². The number of benzene rings is 2. The summed E-state index contributed by atoms with van der Waals surface area (Å²) in [5, 5.41) is 5.73. The van der Waals surface area contributed by atoms with E-state index in [1.807, 2.05) is 0 Å². The Morgan fingerprint density at radius 3 is 2.61 bits per heavy atom. The second kappa shape index (κ2) is 8.77. The summed E-state index contributed by atoms with van der Waals surface area (Å²) in [5.74, 6) is -1.29. The molecule has 2 N–H and O–H groups in total. The lowest BCUT2D eigenvalue weighted by atomic mass is 10.1. The van der Waals surface area contributed by atoms with Crippen LogP contribution in [0.1, 0.15) is 26.4 Å². The van der Waals surface area contributed by atoms with E-state index in [4.69, 9.17) is 4.74 Å². The van der Waals surface area contributed by atoms with Gasteiger partial charge >= 0.3 is 5.97 Å². The number of rotatable bonds is 6. The van der Waals surface area contributed by atoms with Crippen molar-refractivity contribution >= 4 is 23.3 Å². The van der Waals surface area contributed by atoms with Crippen molar-refractivity contribution in [2.45, 2.75) is 6.54 Å². The number of aromatic nitrogens is 1. The van der Waals surface area contributed by atoms with Gasteiger partial charge in [0.15, 0.2) is 0 Å². The maximum atomic E-state index is 13.7. The standard InChI is InChI=1S/C21H18FN3O3/c1-28-21(27)16-7-3-5-9-18(16)25-15-10-11-23-19(12-15)20(26)24-13-14-6-2-4-8-17(14)22/h2-12H,13H2,1H3,(H,23,25)(H,24,26). The smallest absolute Gasteiger partial charge is 0.339 e. The van der Waals surface area contributed by atoms with E-state index in [1.165, 1.54) is 19.4 Å². The second-order valence-corrected chi connectivity index (χ2v) is 5.87. The van der Waals surface area contributed by atoms with Gasteiger partial charge in [0.05, 0.1) is 18.4 Å². The highest BCUT2D eigenvalue weighted by Gasteiger charge is 2.13. The summed E-state index contributed by atoms with van der Waals surface area (Å²) < 4.78 is 18.4. The topological polar surface area (TPSA) is 80.3 Å². The molecule has 28 heavy (non-hydrogen) atoms. The summed E-state index contributed by atoms with van der Waals surface area (Å²) in [6, 6.07) is 16.3. The van der Waals surface area contributed by atoms with E-state index in [1.54, 1.807) is 54.6 Å². The van der Waals surface area contributed by atoms with Gasteiger partial charge in [-0.1, -0.05) is 30.3 Å². The quantitative estimate of drug-likeness (QED) is 0.639. The van der Waals surface area contributed by atoms with E-state index in [0.717, 1.165) is 0 Å². The third kappa shape index (κ3) is 4.50. The number of hydrogen-bond acceptors (Lipinski definition) is 5. The molecule has 0 unspecified atom stereocenters. The molecule has 0 spiro atoms. The number of esters is 1. The Balaban J connectivity index is 1.73. The van der Waals surface area contributed by atoms with Gasteiger partial charge in [-0.05, 0) is 30.3 Å². The zero-order valence-electron chi connectivity index (χ0n) is 15.1. The van der Waals surface area contributed by atoms with Gasteiger partial charge in [0.1, 0.15) is 11.5 Å². The van der Waals surface area contributed by atoms with Crippen LogP contribution in [0.25, 0.3) is 0 Å². The highest BCUT2D eigenvalue weighted by atomic mass is 19.1. The lowest BCUT2D eigenvalue weighted by molar-refractivity contribution is 0.0601. The fourth-order valence-electron chi connectivity index (χ4n) is 2.58. The van der Waals surface area contributed by atoms with E-state index in [2.05, 4.69) is 15.6 Å². The first-order valence-corrected chi connectivity index (χ1v) is 8.50. The Bertz CT molecular complexity index is 1010. The first kappa shape index (κ1) is 19.0. The molecular formula is C21H18FN3O3. The van der Waals surface area contributed by atoms with Crippen LogP contribution in [0, 0.1) is 5.82 Å². The number of hydrogen-bond donors (Lipinski definition) is 2. The fourth-order valence-corrected chi connectivity index (χ4v) is 2.58. The molecule has 0 saturated carbocycles. The Kier molecular flexibility index (Phi) is 5.96. The molecule has 0 radical (unpaired) electrons. The zero-order chi connectivity index (χ0) is 19.9. The van der Waals surface area contributed by atoms with Crippen molar-refractivity contribution in [1.82, 2.24) is 10.3 Å². The molecule has 0 aliphatic carbocycles. The SMILES string of the molecule is COC(=O)c1ccccc1Nc1ccnc(C(=O)NCc2ccccc2F)c1. The molecule has 1 aromatic heterocycles. The van der Waals surface area contributed by atoms with Crippen LogP contribution < -0.4 is 10.6 Å². The minimum Gasteiger partial charge on any atom is -0.465 e. The molecule has 142 valence electrons. The van der Waals surface area contributed by atoms with Crippen molar-refractivity contribution < 1.29 is 18.7 Å². The highest BCUT2D eigenvalue weighted by Crippen LogP contribution is 2.21. The van der Waals surface area contributed by atoms with E-state index in [9.17, 15) is 14.0 Å². The van der Waals surface area contributed by atoms with Crippen molar-refractivity contribution in [1.29, 1.82) is 0 Å². The lowest BCUT2D eigenvalue weighted by Gasteiger charge is -2.11. The molecule has 7 heteroatoms. The highest BCUT2D eigenvalue weighted by molar-refractivity contribution is 5.97. The normalized spacial score (nSPS) is 10.2. The van der Waals surface area contributed by atoms with Crippen LogP contribution in [0.4, 0.5) is 15.8 Å². The van der Waals surface area contributed by atoms with Gasteiger partial charge in [0.2, 0.25) is 0 Å². The van der Waals surface area contributed by atoms with E-state index >= 15 is 0 Å². The molecular weight excluding hydrogens is 361 g/mol. The third-order valence-electron chi connectivity index (χ3n) is 4.00. The van der Waals surface area contributed by atoms with Crippen LogP contribution in [-0.4, -0.2) is 24.0 Å². The number of para-hydroxylation sites is 1. The zero-order valence-corrected chi connectivity index (χ0v) is 15.1. The number of nitrogens with zero attached hydrogens (tertiary/aromatic N) is 1. The van der Waals surface area contributed by atoms with Gasteiger partial charge in [-0.25, -0.2) is 9.18 Å². The maximum absolute atomic E-state index is 13.7. The van der Waals surface area contributed by atoms with Gasteiger partial charge in [0, 0.05) is 24.0 Å². The summed E-state index contributed by atoms with van der Waals surface area (Å²) in [5.41, 5.74) is 2.03. The number of anilines is 2. The maximum Gasteiger partial charge on any atom is 0.339 e. The predicted molar refractivity (Wildman–Crippen MR) is 103 cm³/mol. The Morgan fingerprint density at radius 1 is 1.07 bits per heavy atom. The molecule has 0 bridgehead atoms. The molecule has 6 nitrogen and oxygen atoms in total. The molecule has 0 aliphatic rings. The fraction of sp³-hybridized carbons (Fsp3) is 0.0952. The third-order valence-corrected chi connectivity index (χ3v) is 4.00. The van der Waals surface area contributed by atoms with Gasteiger partial charge in [-0.15, -0.1) is 0 Å². The molecule has 1 amide bonds. The van der Waals surface area contributed by atoms with Gasteiger partial charge < -0.3 is 15.4 Å². The molecule has 0 aliphatic heterocycles. The number of amides is 1. The van der Waals surface area contributed by atoms with Crippen LogP contribution in [0.3, 0.4) is 0 Å². The summed E-state index contributed by atoms with van der Waals surface area (Å²) in [7, 11) is 1.31. The number of halogens is 1. The molecule has 0 atom stereocenters. The first-order valence-electron chi connectivity index (χ1n) is 8.50. The van der Waals surface area contributed by atoms with Crippen molar-refractivity contribution in [3.63, 3.8) is 0 Å². The van der Waals surface area contributed by atoms with Crippen molar-refractivity contribution in [2.24, 2.45) is 0 Å². The summed E-state index contributed by atoms with van der Waals surface area (Å²) in [6.45, 7) is 0.0516. The molecule has 2 aromatic carbocycles. The first-order chi connectivity index (χ1) is 13.6. The van der Waals surface area contributed by atoms with Crippen LogP contribution in [0.15, 0.2) is 66.9 Å². The minimum atomic E-state index is -0.472. The van der Waals surface area contributed by atoms with Crippen molar-refractivity contribution in [3.05, 3.63) is 89.5 Å². The Labute approximate surface area is 161 Å². The van der Waals surface area contributed by atoms with E-state index < -0.39 is 11.9 Å². The van der Waals surface area contributed by atoms with Crippen LogP contribution in [0.2, 0.25) is 0 Å². The van der Waals surface area contributed by atoms with Gasteiger partial charge in [0.25, 0.3) is 5.91 Å². The molecule has 0 saturated heterocycles. The molecule has 3 aromatic rings. The van der Waals surface area contributed by atoms with E-state index in [0.29, 0.717) is 22.5 Å². The number of carbonyl (C=O) groups excluding carboxylic acids is 2. The summed E-state index contributed by atoms with van der Waals surface area (Å²) in [6.07, 6.45) is 1.47. The van der Waals surface area contributed by atoms with Crippen LogP contribution in [-0.2, 0) is 11.3 Å². The number of nitrogens with one attached hydrogen (secondary N) is 2. The predicted octanol–water partition coefficient (Wildman–Crippen LogP) is 3.68. The average molecular weight is 379 g/mol. The second-order valence-electron chi connectivity index (χ2n) is 5.87.